The van der Waals surface area contributed by atoms with Crippen LogP contribution in [0.4, 0.5) is 13.2 Å². The summed E-state index contributed by atoms with van der Waals surface area (Å²) in [5.74, 6) is 0.399. The maximum Gasteiger partial charge on any atom is 0.436 e. The van der Waals surface area contributed by atoms with Gasteiger partial charge in [0.25, 0.3) is 0 Å². The Balaban J connectivity index is 2.22. The van der Waals surface area contributed by atoms with E-state index in [-0.39, 0.29) is 10.4 Å². The van der Waals surface area contributed by atoms with E-state index < -0.39 is 17.9 Å². The quantitative estimate of drug-likeness (QED) is 0.781. The van der Waals surface area contributed by atoms with Crippen molar-refractivity contribution in [1.29, 1.82) is 0 Å². The van der Waals surface area contributed by atoms with Crippen LogP contribution in [0.1, 0.15) is 44.1 Å². The van der Waals surface area contributed by atoms with Crippen molar-refractivity contribution >= 4 is 21.8 Å². The molecule has 0 N–H and O–H groups in total. The summed E-state index contributed by atoms with van der Waals surface area (Å²) in [4.78, 5) is 14.2. The van der Waals surface area contributed by atoms with Crippen LogP contribution in [0.5, 0.6) is 0 Å². The molecule has 2 heterocycles. The van der Waals surface area contributed by atoms with Crippen LogP contribution in [0.15, 0.2) is 4.47 Å². The van der Waals surface area contributed by atoms with Crippen LogP contribution in [0.2, 0.25) is 0 Å². The van der Waals surface area contributed by atoms with Gasteiger partial charge in [-0.05, 0) is 48.5 Å². The van der Waals surface area contributed by atoms with Gasteiger partial charge in [0.05, 0.1) is 10.2 Å². The standard InChI is InChI=1S/C14H19BrF3N3O/c1-8-4-6-20(7-5-8)13(22)10(3)21-9(2)11(15)12(19-21)14(16,17)18/h8,10H,4-7H2,1-3H3/t10-/m1/s1. The van der Waals surface area contributed by atoms with Gasteiger partial charge in [0.15, 0.2) is 5.69 Å². The van der Waals surface area contributed by atoms with Crippen molar-refractivity contribution in [3.8, 4) is 0 Å². The lowest BCUT2D eigenvalue weighted by Gasteiger charge is -2.32. The number of halogens is 4. The van der Waals surface area contributed by atoms with Gasteiger partial charge in [-0.2, -0.15) is 18.3 Å². The fraction of sp³-hybridized carbons (Fsp3) is 0.714. The Morgan fingerprint density at radius 2 is 1.91 bits per heavy atom. The van der Waals surface area contributed by atoms with Gasteiger partial charge in [-0.1, -0.05) is 6.92 Å². The van der Waals surface area contributed by atoms with Crippen molar-refractivity contribution in [3.05, 3.63) is 15.9 Å². The third-order valence-corrected chi connectivity index (χ3v) is 5.11. The van der Waals surface area contributed by atoms with Gasteiger partial charge < -0.3 is 4.90 Å². The van der Waals surface area contributed by atoms with Crippen LogP contribution in [-0.4, -0.2) is 33.7 Å². The van der Waals surface area contributed by atoms with Gasteiger partial charge in [-0.25, -0.2) is 0 Å². The van der Waals surface area contributed by atoms with Crippen LogP contribution in [-0.2, 0) is 11.0 Å². The Labute approximate surface area is 135 Å². The van der Waals surface area contributed by atoms with Gasteiger partial charge in [-0.3, -0.25) is 9.48 Å². The Morgan fingerprint density at radius 3 is 2.36 bits per heavy atom. The maximum atomic E-state index is 12.9. The number of nitrogens with zero attached hydrogens (tertiary/aromatic N) is 3. The molecule has 1 saturated heterocycles. The minimum atomic E-state index is -4.54. The lowest BCUT2D eigenvalue weighted by atomic mass is 9.99. The van der Waals surface area contributed by atoms with Crippen molar-refractivity contribution in [2.24, 2.45) is 5.92 Å². The number of amides is 1. The molecule has 0 bridgehead atoms. The molecule has 8 heteroatoms. The lowest BCUT2D eigenvalue weighted by molar-refractivity contribution is -0.143. The molecule has 1 aliphatic rings. The number of hydrogen-bond donors (Lipinski definition) is 0. The predicted octanol–water partition coefficient (Wildman–Crippen LogP) is 3.79. The van der Waals surface area contributed by atoms with E-state index in [1.54, 1.807) is 11.8 Å². The molecular weight excluding hydrogens is 363 g/mol. The molecule has 124 valence electrons. The number of piperidine rings is 1. The van der Waals surface area contributed by atoms with Gasteiger partial charge in [0.2, 0.25) is 5.91 Å². The van der Waals surface area contributed by atoms with Crippen LogP contribution in [0.25, 0.3) is 0 Å². The summed E-state index contributed by atoms with van der Waals surface area (Å²) in [5.41, 5.74) is -0.685. The molecular formula is C14H19BrF3N3O. The molecule has 1 fully saturated rings. The lowest BCUT2D eigenvalue weighted by Crippen LogP contribution is -2.41. The highest BCUT2D eigenvalue weighted by Gasteiger charge is 2.39. The van der Waals surface area contributed by atoms with E-state index in [1.807, 2.05) is 0 Å². The van der Waals surface area contributed by atoms with Gasteiger partial charge in [0, 0.05) is 13.1 Å². The highest BCUT2D eigenvalue weighted by atomic mass is 79.9. The van der Waals surface area contributed by atoms with Crippen LogP contribution in [0.3, 0.4) is 0 Å². The van der Waals surface area contributed by atoms with Gasteiger partial charge in [0.1, 0.15) is 6.04 Å². The Morgan fingerprint density at radius 1 is 1.36 bits per heavy atom. The summed E-state index contributed by atoms with van der Waals surface area (Å²) < 4.78 is 39.8. The molecule has 1 atom stereocenters. The van der Waals surface area contributed by atoms with Crippen molar-refractivity contribution in [3.63, 3.8) is 0 Å². The molecule has 1 amide bonds. The summed E-state index contributed by atoms with van der Waals surface area (Å²) in [5, 5.41) is 3.61. The summed E-state index contributed by atoms with van der Waals surface area (Å²) in [6.45, 7) is 6.55. The average molecular weight is 382 g/mol. The SMILES string of the molecule is Cc1c(Br)c(C(F)(F)F)nn1[C@H](C)C(=O)N1CCC(C)CC1. The molecule has 0 radical (unpaired) electrons. The fourth-order valence-corrected chi connectivity index (χ4v) is 3.14. The Bertz CT molecular complexity index is 562. The fourth-order valence-electron chi connectivity index (χ4n) is 2.65. The summed E-state index contributed by atoms with van der Waals surface area (Å²) in [7, 11) is 0. The van der Waals surface area contributed by atoms with Crippen LogP contribution >= 0.6 is 15.9 Å². The van der Waals surface area contributed by atoms with E-state index in [1.165, 1.54) is 6.92 Å². The monoisotopic (exact) mass is 381 g/mol. The molecule has 0 saturated carbocycles. The minimum absolute atomic E-state index is 0.105. The molecule has 1 aromatic rings. The zero-order chi connectivity index (χ0) is 16.7. The smallest absolute Gasteiger partial charge is 0.341 e. The molecule has 4 nitrogen and oxygen atoms in total. The van der Waals surface area contributed by atoms with Crippen LogP contribution < -0.4 is 0 Å². The van der Waals surface area contributed by atoms with Crippen molar-refractivity contribution in [2.45, 2.75) is 45.8 Å². The molecule has 0 aliphatic carbocycles. The highest BCUT2D eigenvalue weighted by Crippen LogP contribution is 2.36. The largest absolute Gasteiger partial charge is 0.436 e. The van der Waals surface area contributed by atoms with E-state index >= 15 is 0 Å². The third kappa shape index (κ3) is 3.31. The van der Waals surface area contributed by atoms with Crippen molar-refractivity contribution in [1.82, 2.24) is 14.7 Å². The Kier molecular flexibility index (Phi) is 4.89. The molecule has 2 rings (SSSR count). The van der Waals surface area contributed by atoms with E-state index in [2.05, 4.69) is 28.0 Å². The first-order valence-electron chi connectivity index (χ1n) is 7.23. The first kappa shape index (κ1) is 17.3. The number of likely N-dealkylation sites (tertiary alicyclic amines) is 1. The normalized spacial score (nSPS) is 18.6. The van der Waals surface area contributed by atoms with Gasteiger partial charge in [-0.15, -0.1) is 0 Å². The van der Waals surface area contributed by atoms with E-state index in [0.717, 1.165) is 17.5 Å². The zero-order valence-electron chi connectivity index (χ0n) is 12.7. The van der Waals surface area contributed by atoms with E-state index in [9.17, 15) is 18.0 Å². The number of aromatic nitrogens is 2. The third-order valence-electron chi connectivity index (χ3n) is 4.16. The first-order valence-corrected chi connectivity index (χ1v) is 8.02. The maximum absolute atomic E-state index is 12.9. The van der Waals surface area contributed by atoms with E-state index in [4.69, 9.17) is 0 Å². The van der Waals surface area contributed by atoms with Crippen LogP contribution in [0, 0.1) is 12.8 Å². The summed E-state index contributed by atoms with van der Waals surface area (Å²) >= 11 is 2.93. The summed E-state index contributed by atoms with van der Waals surface area (Å²) in [6.07, 6.45) is -2.69. The topological polar surface area (TPSA) is 38.1 Å². The number of carbonyl (C=O) groups excluding carboxylic acids is 1. The second-order valence-corrected chi connectivity index (χ2v) is 6.67. The Hall–Kier alpha value is -1.05. The van der Waals surface area contributed by atoms with Crippen molar-refractivity contribution in [2.75, 3.05) is 13.1 Å². The number of rotatable bonds is 2. The van der Waals surface area contributed by atoms with Crippen molar-refractivity contribution < 1.29 is 18.0 Å². The number of carbonyl (C=O) groups is 1. The van der Waals surface area contributed by atoms with Gasteiger partial charge >= 0.3 is 6.18 Å². The molecule has 0 unspecified atom stereocenters. The average Bonchev–Trinajstić information content (AvgIpc) is 2.74. The first-order chi connectivity index (χ1) is 10.1. The molecule has 22 heavy (non-hydrogen) atoms. The number of alkyl halides is 3. The highest BCUT2D eigenvalue weighted by molar-refractivity contribution is 9.10. The number of hydrogen-bond acceptors (Lipinski definition) is 2. The second-order valence-electron chi connectivity index (χ2n) is 5.87. The second kappa shape index (κ2) is 6.22. The minimum Gasteiger partial charge on any atom is -0.341 e. The molecule has 0 aromatic carbocycles. The summed E-state index contributed by atoms with van der Waals surface area (Å²) in [6, 6.07) is -0.749. The molecule has 1 aromatic heterocycles. The zero-order valence-corrected chi connectivity index (χ0v) is 14.3. The molecule has 1 aliphatic heterocycles. The van der Waals surface area contributed by atoms with E-state index in [0.29, 0.717) is 24.7 Å². The predicted molar refractivity (Wildman–Crippen MR) is 79.4 cm³/mol. The molecule has 0 spiro atoms.